The van der Waals surface area contributed by atoms with Crippen molar-refractivity contribution in [3.63, 3.8) is 0 Å². The monoisotopic (exact) mass is 422 g/mol. The van der Waals surface area contributed by atoms with E-state index in [1.165, 1.54) is 0 Å². The predicted octanol–water partition coefficient (Wildman–Crippen LogP) is 3.62. The topological polar surface area (TPSA) is 55.4 Å². The first-order chi connectivity index (χ1) is 13.3. The van der Waals surface area contributed by atoms with Crippen LogP contribution >= 0.6 is 33.7 Å². The molecule has 27 heavy (non-hydrogen) atoms. The van der Waals surface area contributed by atoms with Gasteiger partial charge in [-0.1, -0.05) is 54.6 Å². The summed E-state index contributed by atoms with van der Waals surface area (Å²) in [4.78, 5) is 10.1. The average Bonchev–Trinajstić information content (AvgIpc) is 2.72. The molecule has 0 aliphatic carbocycles. The molecule has 0 saturated carbocycles. The van der Waals surface area contributed by atoms with Crippen molar-refractivity contribution in [2.75, 3.05) is 0 Å². The Kier molecular flexibility index (Phi) is 7.79. The van der Waals surface area contributed by atoms with Crippen molar-refractivity contribution in [2.24, 2.45) is 0 Å². The van der Waals surface area contributed by atoms with Crippen molar-refractivity contribution < 1.29 is 28.5 Å². The number of rotatable bonds is 9. The molecule has 3 aromatic carbocycles. The zero-order valence-corrected chi connectivity index (χ0v) is 16.5. The fraction of sp³-hybridized carbons (Fsp3) is 0. The third-order valence-corrected chi connectivity index (χ3v) is 6.01. The minimum Gasteiger partial charge on any atom is -0.307 e. The van der Waals surface area contributed by atoms with Crippen LogP contribution in [0.3, 0.4) is 0 Å². The first kappa shape index (κ1) is 20.0. The fourth-order valence-electron chi connectivity index (χ4n) is 2.48. The minimum atomic E-state index is -0.899. The van der Waals surface area contributed by atoms with E-state index in [0.29, 0.717) is 11.5 Å². The molecular weight excluding hydrogens is 407 g/mol. The Bertz CT molecular complexity index is 801. The van der Waals surface area contributed by atoms with E-state index in [1.807, 2.05) is 54.6 Å². The number of hydrogen-bond acceptors (Lipinski definition) is 8. The molecule has 0 bridgehead atoms. The van der Waals surface area contributed by atoms with Crippen LogP contribution in [0.1, 0.15) is 0 Å². The maximum absolute atomic E-state index is 5.04. The molecule has 3 rings (SSSR count). The van der Waals surface area contributed by atoms with E-state index in [-0.39, 0.29) is 0 Å². The molecule has 3 aromatic rings. The van der Waals surface area contributed by atoms with Crippen LogP contribution in [0.2, 0.25) is 0 Å². The van der Waals surface area contributed by atoms with Crippen molar-refractivity contribution in [1.82, 2.24) is 0 Å². The fourth-order valence-corrected chi connectivity index (χ4v) is 4.89. The van der Waals surface area contributed by atoms with E-state index in [1.54, 1.807) is 12.1 Å². The third-order valence-electron chi connectivity index (χ3n) is 3.49. The normalized spacial score (nSPS) is 10.8. The van der Waals surface area contributed by atoms with Crippen LogP contribution in [0.15, 0.2) is 78.9 Å². The SMILES string of the molecule is SOOOc1cccc(P(c2ccccc2)c2cccc(OOOS)c2)c1. The van der Waals surface area contributed by atoms with Gasteiger partial charge in [0.1, 0.15) is 0 Å². The molecule has 140 valence electrons. The molecule has 6 nitrogen and oxygen atoms in total. The molecule has 0 heterocycles. The Morgan fingerprint density at radius 2 is 1.04 bits per heavy atom. The highest BCUT2D eigenvalue weighted by atomic mass is 32.1. The quantitative estimate of drug-likeness (QED) is 0.181. The van der Waals surface area contributed by atoms with E-state index in [2.05, 4.69) is 56.7 Å². The predicted molar refractivity (Wildman–Crippen MR) is 109 cm³/mol. The summed E-state index contributed by atoms with van der Waals surface area (Å²) in [5.74, 6) is 0.980. The van der Waals surface area contributed by atoms with E-state index >= 15 is 0 Å². The summed E-state index contributed by atoms with van der Waals surface area (Å²) < 4.78 is 8.40. The lowest BCUT2D eigenvalue weighted by Crippen LogP contribution is -2.20. The van der Waals surface area contributed by atoms with Gasteiger partial charge in [-0.25, -0.2) is 0 Å². The molecule has 9 heteroatoms. The van der Waals surface area contributed by atoms with Crippen LogP contribution in [0.5, 0.6) is 11.5 Å². The zero-order valence-electron chi connectivity index (χ0n) is 13.8. The Hall–Kier alpha value is -1.77. The zero-order chi connectivity index (χ0) is 18.9. The van der Waals surface area contributed by atoms with Crippen molar-refractivity contribution in [1.29, 1.82) is 0 Å². The summed E-state index contributed by atoms with van der Waals surface area (Å²) in [6.45, 7) is 0. The van der Waals surface area contributed by atoms with Crippen LogP contribution < -0.4 is 25.7 Å². The average molecular weight is 422 g/mol. The van der Waals surface area contributed by atoms with E-state index in [0.717, 1.165) is 15.9 Å². The van der Waals surface area contributed by atoms with E-state index < -0.39 is 7.92 Å². The van der Waals surface area contributed by atoms with E-state index in [4.69, 9.17) is 9.78 Å². The highest BCUT2D eigenvalue weighted by Crippen LogP contribution is 2.34. The maximum Gasteiger partial charge on any atom is 0.169 e. The molecule has 0 radical (unpaired) electrons. The summed E-state index contributed by atoms with van der Waals surface area (Å²) >= 11 is 6.97. The van der Waals surface area contributed by atoms with Crippen molar-refractivity contribution in [3.8, 4) is 11.5 Å². The molecule has 0 spiro atoms. The Balaban J connectivity index is 2.00. The molecule has 0 N–H and O–H groups in total. The molecule has 0 aliphatic rings. The lowest BCUT2D eigenvalue weighted by molar-refractivity contribution is -0.402. The van der Waals surface area contributed by atoms with Gasteiger partial charge in [0.25, 0.3) is 0 Å². The van der Waals surface area contributed by atoms with Gasteiger partial charge in [0, 0.05) is 25.8 Å². The van der Waals surface area contributed by atoms with Gasteiger partial charge < -0.3 is 9.78 Å². The van der Waals surface area contributed by atoms with Crippen LogP contribution in [0.4, 0.5) is 0 Å². The lowest BCUT2D eigenvalue weighted by atomic mass is 10.3. The summed E-state index contributed by atoms with van der Waals surface area (Å²) in [5.41, 5.74) is 0. The molecule has 0 unspecified atom stereocenters. The molecule has 0 amide bonds. The highest BCUT2D eigenvalue weighted by molar-refractivity contribution is 7.79. The van der Waals surface area contributed by atoms with Crippen molar-refractivity contribution in [2.45, 2.75) is 0 Å². The minimum absolute atomic E-state index is 0.490. The van der Waals surface area contributed by atoms with Gasteiger partial charge in [-0.2, -0.15) is 0 Å². The van der Waals surface area contributed by atoms with Crippen LogP contribution in [0, 0.1) is 0 Å². The molecule has 0 saturated heterocycles. The van der Waals surface area contributed by atoms with Gasteiger partial charge in [0.15, 0.2) is 11.5 Å². The summed E-state index contributed by atoms with van der Waals surface area (Å²) in [6, 6.07) is 25.2. The van der Waals surface area contributed by atoms with Crippen LogP contribution in [0.25, 0.3) is 0 Å². The largest absolute Gasteiger partial charge is 0.307 e. The van der Waals surface area contributed by atoms with Crippen LogP contribution in [-0.4, -0.2) is 0 Å². The third kappa shape index (κ3) is 5.60. The Labute approximate surface area is 168 Å². The molecule has 0 atom stereocenters. The Morgan fingerprint density at radius 1 is 0.556 bits per heavy atom. The van der Waals surface area contributed by atoms with Gasteiger partial charge in [0.05, 0.1) is 0 Å². The van der Waals surface area contributed by atoms with E-state index in [9.17, 15) is 0 Å². The number of benzene rings is 3. The standard InChI is InChI=1S/C18H15O6PS2/c26-23-21-19-14-6-4-10-17(12-14)25(16-8-2-1-3-9-16)18-11-5-7-15(13-18)20-22-24-27/h1-13,26-27H. The van der Waals surface area contributed by atoms with Crippen LogP contribution in [-0.2, 0) is 18.7 Å². The first-order valence-electron chi connectivity index (χ1n) is 7.66. The summed E-state index contributed by atoms with van der Waals surface area (Å²) in [6.07, 6.45) is 0. The van der Waals surface area contributed by atoms with Gasteiger partial charge in [-0.15, -0.1) is 8.67 Å². The molecular formula is C18H15O6PS2. The molecule has 0 aliphatic heterocycles. The number of hydrogen-bond donors (Lipinski definition) is 2. The molecule has 0 aromatic heterocycles. The second-order valence-electron chi connectivity index (χ2n) is 5.12. The second kappa shape index (κ2) is 10.5. The second-order valence-corrected chi connectivity index (χ2v) is 7.64. The lowest BCUT2D eigenvalue weighted by Gasteiger charge is -2.20. The van der Waals surface area contributed by atoms with Crippen molar-refractivity contribution in [3.05, 3.63) is 78.9 Å². The highest BCUT2D eigenvalue weighted by Gasteiger charge is 2.18. The smallest absolute Gasteiger partial charge is 0.169 e. The maximum atomic E-state index is 5.04. The summed E-state index contributed by atoms with van der Waals surface area (Å²) in [7, 11) is -0.899. The van der Waals surface area contributed by atoms with Gasteiger partial charge in [0.2, 0.25) is 0 Å². The Morgan fingerprint density at radius 3 is 1.52 bits per heavy atom. The molecule has 0 fully saturated rings. The number of thiol groups is 2. The van der Waals surface area contributed by atoms with Crippen molar-refractivity contribution >= 4 is 49.7 Å². The van der Waals surface area contributed by atoms with Gasteiger partial charge >= 0.3 is 0 Å². The van der Waals surface area contributed by atoms with Gasteiger partial charge in [-0.05, 0) is 58.2 Å². The summed E-state index contributed by atoms with van der Waals surface area (Å²) in [5, 5.41) is 12.1. The van der Waals surface area contributed by atoms with Gasteiger partial charge in [-0.3, -0.25) is 0 Å². The first-order valence-corrected chi connectivity index (χ1v) is 9.74.